The summed E-state index contributed by atoms with van der Waals surface area (Å²) in [6, 6.07) is 8.64. The predicted octanol–water partition coefficient (Wildman–Crippen LogP) is 2.53. The van der Waals surface area contributed by atoms with Gasteiger partial charge in [0.1, 0.15) is 0 Å². The fourth-order valence-corrected chi connectivity index (χ4v) is 3.41. The van der Waals surface area contributed by atoms with Crippen LogP contribution in [0.15, 0.2) is 41.1 Å². The van der Waals surface area contributed by atoms with E-state index in [0.29, 0.717) is 0 Å². The standard InChI is InChI=1S/C18H26N4/c1-18(2)15-7-5-6-8-16(15)21(4)17(18)9-10-19-22-13-11-20(3)12-14-22/h5-10H,11-14H2,1-4H3/b17-9-,19-10+. The van der Waals surface area contributed by atoms with Crippen LogP contribution < -0.4 is 4.90 Å². The molecule has 0 amide bonds. The second kappa shape index (κ2) is 5.76. The van der Waals surface area contributed by atoms with Gasteiger partial charge in [-0.05, 0) is 24.8 Å². The summed E-state index contributed by atoms with van der Waals surface area (Å²) in [5, 5.41) is 6.78. The summed E-state index contributed by atoms with van der Waals surface area (Å²) in [7, 11) is 4.30. The lowest BCUT2D eigenvalue weighted by Gasteiger charge is -2.30. The minimum Gasteiger partial charge on any atom is -0.347 e. The molecule has 3 rings (SSSR count). The number of rotatable bonds is 2. The van der Waals surface area contributed by atoms with Crippen LogP contribution in [-0.2, 0) is 5.41 Å². The van der Waals surface area contributed by atoms with Crippen LogP contribution in [0.5, 0.6) is 0 Å². The van der Waals surface area contributed by atoms with Gasteiger partial charge < -0.3 is 9.80 Å². The van der Waals surface area contributed by atoms with E-state index >= 15 is 0 Å². The second-order valence-corrected chi connectivity index (χ2v) is 6.77. The predicted molar refractivity (Wildman–Crippen MR) is 93.5 cm³/mol. The van der Waals surface area contributed by atoms with Crippen molar-refractivity contribution >= 4 is 11.9 Å². The third-order valence-electron chi connectivity index (χ3n) is 4.88. The fourth-order valence-electron chi connectivity index (χ4n) is 3.41. The molecule has 1 aromatic carbocycles. The van der Waals surface area contributed by atoms with Gasteiger partial charge in [-0.1, -0.05) is 32.0 Å². The molecule has 4 nitrogen and oxygen atoms in total. The minimum atomic E-state index is 0.0273. The molecule has 22 heavy (non-hydrogen) atoms. The molecule has 0 radical (unpaired) electrons. The molecule has 0 N–H and O–H groups in total. The highest BCUT2D eigenvalue weighted by atomic mass is 15.5. The zero-order chi connectivity index (χ0) is 15.7. The SMILES string of the molecule is CN1CCN(/N=C/C=C2\N(C)c3ccccc3C2(C)C)CC1. The van der Waals surface area contributed by atoms with Gasteiger partial charge >= 0.3 is 0 Å². The van der Waals surface area contributed by atoms with Crippen LogP contribution in [0.25, 0.3) is 0 Å². The number of hydrazone groups is 1. The molecular weight excluding hydrogens is 272 g/mol. The lowest BCUT2D eigenvalue weighted by atomic mass is 9.84. The maximum Gasteiger partial charge on any atom is 0.0488 e. The van der Waals surface area contributed by atoms with Crippen LogP contribution in [0, 0.1) is 0 Å². The second-order valence-electron chi connectivity index (χ2n) is 6.77. The lowest BCUT2D eigenvalue weighted by molar-refractivity contribution is 0.159. The van der Waals surface area contributed by atoms with E-state index in [2.05, 4.69) is 78.2 Å². The molecule has 0 spiro atoms. The third-order valence-corrected chi connectivity index (χ3v) is 4.88. The number of fused-ring (bicyclic) bond motifs is 1. The highest BCUT2D eigenvalue weighted by molar-refractivity contribution is 5.79. The van der Waals surface area contributed by atoms with Crippen molar-refractivity contribution in [1.29, 1.82) is 0 Å². The Morgan fingerprint density at radius 1 is 1.05 bits per heavy atom. The number of anilines is 1. The first-order chi connectivity index (χ1) is 10.5. The molecule has 1 aromatic rings. The van der Waals surface area contributed by atoms with Gasteiger partial charge in [0, 0.05) is 56.2 Å². The normalized spacial score (nSPS) is 23.5. The smallest absolute Gasteiger partial charge is 0.0488 e. The van der Waals surface area contributed by atoms with Gasteiger partial charge in [-0.2, -0.15) is 5.10 Å². The van der Waals surface area contributed by atoms with Crippen molar-refractivity contribution in [3.05, 3.63) is 41.6 Å². The van der Waals surface area contributed by atoms with Gasteiger partial charge in [-0.3, -0.25) is 5.01 Å². The molecule has 2 aliphatic rings. The van der Waals surface area contributed by atoms with E-state index in [-0.39, 0.29) is 5.41 Å². The van der Waals surface area contributed by atoms with Crippen LogP contribution in [0.3, 0.4) is 0 Å². The number of hydrogen-bond acceptors (Lipinski definition) is 4. The van der Waals surface area contributed by atoms with Crippen LogP contribution in [0.1, 0.15) is 19.4 Å². The Labute approximate surface area is 133 Å². The number of para-hydroxylation sites is 1. The summed E-state index contributed by atoms with van der Waals surface area (Å²) >= 11 is 0. The molecule has 0 aliphatic carbocycles. The van der Waals surface area contributed by atoms with Gasteiger partial charge in [-0.15, -0.1) is 0 Å². The highest BCUT2D eigenvalue weighted by Gasteiger charge is 2.37. The molecule has 2 heterocycles. The molecule has 4 heteroatoms. The molecule has 2 aliphatic heterocycles. The molecule has 0 aromatic heterocycles. The summed E-state index contributed by atoms with van der Waals surface area (Å²) in [5.74, 6) is 0. The summed E-state index contributed by atoms with van der Waals surface area (Å²) in [6.07, 6.45) is 4.13. The number of likely N-dealkylation sites (N-methyl/N-ethyl adjacent to an activating group) is 2. The van der Waals surface area contributed by atoms with E-state index in [1.54, 1.807) is 0 Å². The van der Waals surface area contributed by atoms with E-state index in [9.17, 15) is 0 Å². The lowest BCUT2D eigenvalue weighted by Crippen LogP contribution is -2.41. The zero-order valence-corrected chi connectivity index (χ0v) is 14.1. The zero-order valence-electron chi connectivity index (χ0n) is 14.1. The van der Waals surface area contributed by atoms with E-state index in [1.165, 1.54) is 16.9 Å². The first-order valence-corrected chi connectivity index (χ1v) is 8.01. The molecule has 1 saturated heterocycles. The van der Waals surface area contributed by atoms with Gasteiger partial charge in [-0.25, -0.2) is 0 Å². The quantitative estimate of drug-likeness (QED) is 0.783. The highest BCUT2D eigenvalue weighted by Crippen LogP contribution is 2.46. The first kappa shape index (κ1) is 15.1. The Hall–Kier alpha value is -1.81. The number of hydrogen-bond donors (Lipinski definition) is 0. The van der Waals surface area contributed by atoms with Crippen molar-refractivity contribution in [2.24, 2.45) is 5.10 Å². The van der Waals surface area contributed by atoms with Gasteiger partial charge in [0.15, 0.2) is 0 Å². The fraction of sp³-hybridized carbons (Fsp3) is 0.500. The van der Waals surface area contributed by atoms with Crippen molar-refractivity contribution in [3.63, 3.8) is 0 Å². The van der Waals surface area contributed by atoms with Gasteiger partial charge in [0.2, 0.25) is 0 Å². The van der Waals surface area contributed by atoms with Crippen LogP contribution in [0.4, 0.5) is 5.69 Å². The molecule has 0 unspecified atom stereocenters. The topological polar surface area (TPSA) is 22.1 Å². The van der Waals surface area contributed by atoms with Crippen molar-refractivity contribution in [2.75, 3.05) is 45.2 Å². The maximum absolute atomic E-state index is 4.62. The van der Waals surface area contributed by atoms with Crippen molar-refractivity contribution < 1.29 is 0 Å². The Kier molecular flexibility index (Phi) is 3.96. The van der Waals surface area contributed by atoms with Crippen molar-refractivity contribution in [3.8, 4) is 0 Å². The molecule has 0 atom stereocenters. The molecular formula is C18H26N4. The number of allylic oxidation sites excluding steroid dienone is 2. The molecule has 118 valence electrons. The van der Waals surface area contributed by atoms with Crippen molar-refractivity contribution in [1.82, 2.24) is 9.91 Å². The van der Waals surface area contributed by atoms with E-state index < -0.39 is 0 Å². The number of benzene rings is 1. The number of nitrogens with zero attached hydrogens (tertiary/aromatic N) is 4. The van der Waals surface area contributed by atoms with E-state index in [0.717, 1.165) is 26.2 Å². The van der Waals surface area contributed by atoms with Crippen LogP contribution in [-0.4, -0.2) is 56.4 Å². The van der Waals surface area contributed by atoms with Gasteiger partial charge in [0.25, 0.3) is 0 Å². The first-order valence-electron chi connectivity index (χ1n) is 8.01. The summed E-state index contributed by atoms with van der Waals surface area (Å²) in [4.78, 5) is 4.63. The Morgan fingerprint density at radius 2 is 1.73 bits per heavy atom. The molecule has 1 fully saturated rings. The maximum atomic E-state index is 4.62. The van der Waals surface area contributed by atoms with Crippen LogP contribution in [0.2, 0.25) is 0 Å². The van der Waals surface area contributed by atoms with Gasteiger partial charge in [0.05, 0.1) is 0 Å². The monoisotopic (exact) mass is 298 g/mol. The minimum absolute atomic E-state index is 0.0273. The Morgan fingerprint density at radius 3 is 2.41 bits per heavy atom. The molecule has 0 saturated carbocycles. The number of piperazine rings is 1. The Bertz CT molecular complexity index is 595. The third kappa shape index (κ3) is 2.63. The summed E-state index contributed by atoms with van der Waals surface area (Å²) in [5.41, 5.74) is 4.01. The van der Waals surface area contributed by atoms with E-state index in [4.69, 9.17) is 0 Å². The Balaban J connectivity index is 1.77. The summed E-state index contributed by atoms with van der Waals surface area (Å²) in [6.45, 7) is 8.76. The largest absolute Gasteiger partial charge is 0.347 e. The van der Waals surface area contributed by atoms with Crippen molar-refractivity contribution in [2.45, 2.75) is 19.3 Å². The molecule has 0 bridgehead atoms. The summed E-state index contributed by atoms with van der Waals surface area (Å²) < 4.78 is 0. The average molecular weight is 298 g/mol. The average Bonchev–Trinajstić information content (AvgIpc) is 2.70. The van der Waals surface area contributed by atoms with Crippen LogP contribution >= 0.6 is 0 Å². The van der Waals surface area contributed by atoms with E-state index in [1.807, 2.05) is 6.21 Å².